The second kappa shape index (κ2) is 6.65. The van der Waals surface area contributed by atoms with Gasteiger partial charge in [0.2, 0.25) is 0 Å². The summed E-state index contributed by atoms with van der Waals surface area (Å²) in [5, 5.41) is 3.26. The van der Waals surface area contributed by atoms with E-state index in [9.17, 15) is 0 Å². The second-order valence-corrected chi connectivity index (χ2v) is 5.56. The maximum atomic E-state index is 9.11. The summed E-state index contributed by atoms with van der Waals surface area (Å²) in [7, 11) is -3.83. The van der Waals surface area contributed by atoms with Crippen LogP contribution in [0.5, 0.6) is 0 Å². The maximum absolute atomic E-state index is 9.11. The van der Waals surface area contributed by atoms with E-state index in [1.165, 1.54) is 5.56 Å². The Hall–Kier alpha value is -1.02. The standard InChI is InChI=1S/C10H12N2.H2O3S2/c1-2-4-9(5-3-1)8-10-11-6-7-12-10;1-5(2,3)4/h1-5H,6-8H2,(H,11,12);(H2,1,2,3,4). The number of nitrogens with one attached hydrogen (secondary N) is 1. The molecule has 0 unspecified atom stereocenters. The minimum Gasteiger partial charge on any atom is -0.372 e. The van der Waals surface area contributed by atoms with Crippen LogP contribution in [0, 0.1) is 0 Å². The van der Waals surface area contributed by atoms with Gasteiger partial charge in [0.15, 0.2) is 0 Å². The van der Waals surface area contributed by atoms with Gasteiger partial charge in [-0.25, -0.2) is 0 Å². The summed E-state index contributed by atoms with van der Waals surface area (Å²) < 4.78 is 24.0. The molecular weight excluding hydrogens is 260 g/mol. The van der Waals surface area contributed by atoms with Gasteiger partial charge in [-0.2, -0.15) is 4.21 Å². The number of nitrogens with zero attached hydrogens (tertiary/aromatic N) is 1. The molecule has 7 heteroatoms. The zero-order valence-electron chi connectivity index (χ0n) is 9.07. The lowest BCUT2D eigenvalue weighted by Crippen LogP contribution is -2.20. The largest absolute Gasteiger partial charge is 0.372 e. The Morgan fingerprint density at radius 3 is 2.41 bits per heavy atom. The van der Waals surface area contributed by atoms with Gasteiger partial charge in [0, 0.05) is 24.2 Å². The summed E-state index contributed by atoms with van der Waals surface area (Å²) in [6, 6.07) is 10.4. The van der Waals surface area contributed by atoms with Crippen molar-refractivity contribution in [2.75, 3.05) is 13.1 Å². The number of hydrogen-bond acceptors (Lipinski definition) is 4. The molecule has 2 rings (SSSR count). The highest BCUT2D eigenvalue weighted by molar-refractivity contribution is 8.26. The number of aliphatic imine (C=N–C) groups is 1. The molecule has 1 aromatic rings. The third kappa shape index (κ3) is 7.81. The van der Waals surface area contributed by atoms with E-state index >= 15 is 0 Å². The second-order valence-electron chi connectivity index (χ2n) is 3.37. The minimum absolute atomic E-state index is 0.933. The Labute approximate surface area is 105 Å². The van der Waals surface area contributed by atoms with Crippen molar-refractivity contribution in [3.63, 3.8) is 0 Å². The number of rotatable bonds is 2. The lowest BCUT2D eigenvalue weighted by Gasteiger charge is -2.00. The summed E-state index contributed by atoms with van der Waals surface area (Å²) in [6.45, 7) is 1.93. The van der Waals surface area contributed by atoms with Crippen LogP contribution in [0.1, 0.15) is 5.56 Å². The van der Waals surface area contributed by atoms with E-state index < -0.39 is 9.05 Å². The molecule has 1 aliphatic heterocycles. The van der Waals surface area contributed by atoms with Crippen LogP contribution in [0.15, 0.2) is 35.3 Å². The number of hydrogen-bond donors (Lipinski definition) is 3. The van der Waals surface area contributed by atoms with Crippen molar-refractivity contribution in [1.29, 1.82) is 0 Å². The molecule has 94 valence electrons. The van der Waals surface area contributed by atoms with Crippen LogP contribution < -0.4 is 5.32 Å². The lowest BCUT2D eigenvalue weighted by molar-refractivity contribution is 0.450. The molecule has 0 amide bonds. The molecule has 0 aliphatic carbocycles. The fourth-order valence-electron chi connectivity index (χ4n) is 1.35. The maximum Gasteiger partial charge on any atom is 0.263 e. The molecule has 0 bridgehead atoms. The molecule has 1 aliphatic rings. The van der Waals surface area contributed by atoms with Gasteiger partial charge in [0.25, 0.3) is 9.05 Å². The molecule has 0 saturated carbocycles. The van der Waals surface area contributed by atoms with Crippen molar-refractivity contribution >= 4 is 26.1 Å². The fraction of sp³-hybridized carbons (Fsp3) is 0.300. The highest BCUT2D eigenvalue weighted by atomic mass is 32.9. The molecular formula is C10H14N2O3S2. The Kier molecular flexibility index (Phi) is 5.49. The predicted molar refractivity (Wildman–Crippen MR) is 71.2 cm³/mol. The fourth-order valence-corrected chi connectivity index (χ4v) is 1.35. The molecule has 0 saturated heterocycles. The van der Waals surface area contributed by atoms with Crippen molar-refractivity contribution in [3.05, 3.63) is 35.9 Å². The van der Waals surface area contributed by atoms with Crippen molar-refractivity contribution in [3.8, 4) is 0 Å². The zero-order chi connectivity index (χ0) is 12.7. The van der Waals surface area contributed by atoms with Gasteiger partial charge in [-0.1, -0.05) is 30.3 Å². The van der Waals surface area contributed by atoms with Gasteiger partial charge in [-0.3, -0.25) is 14.1 Å². The normalized spacial score (nSPS) is 14.4. The van der Waals surface area contributed by atoms with E-state index in [1.807, 2.05) is 6.07 Å². The van der Waals surface area contributed by atoms with Gasteiger partial charge in [-0.15, -0.1) is 0 Å². The van der Waals surface area contributed by atoms with Crippen LogP contribution in [-0.2, 0) is 26.7 Å². The van der Waals surface area contributed by atoms with Crippen LogP contribution in [0.2, 0.25) is 0 Å². The van der Waals surface area contributed by atoms with Gasteiger partial charge in [-0.05, 0) is 5.56 Å². The van der Waals surface area contributed by atoms with Crippen LogP contribution in [0.3, 0.4) is 0 Å². The molecule has 5 nitrogen and oxygen atoms in total. The SMILES string of the molecule is O=S(O)(O)=S.c1ccc(CC2=NCCN2)cc1. The van der Waals surface area contributed by atoms with E-state index in [0.717, 1.165) is 25.3 Å². The highest BCUT2D eigenvalue weighted by Gasteiger charge is 2.04. The summed E-state index contributed by atoms with van der Waals surface area (Å²) in [5.41, 5.74) is 1.32. The third-order valence-electron chi connectivity index (χ3n) is 1.96. The summed E-state index contributed by atoms with van der Waals surface area (Å²) in [4.78, 5) is 4.34. The van der Waals surface area contributed by atoms with Crippen molar-refractivity contribution < 1.29 is 13.3 Å². The number of benzene rings is 1. The van der Waals surface area contributed by atoms with Crippen LogP contribution in [0.4, 0.5) is 0 Å². The van der Waals surface area contributed by atoms with Gasteiger partial charge < -0.3 is 5.32 Å². The van der Waals surface area contributed by atoms with Gasteiger partial charge in [0.1, 0.15) is 5.84 Å². The van der Waals surface area contributed by atoms with Gasteiger partial charge in [0.05, 0.1) is 6.54 Å². The van der Waals surface area contributed by atoms with Crippen LogP contribution in [-0.4, -0.2) is 32.2 Å². The average Bonchev–Trinajstić information content (AvgIpc) is 2.69. The van der Waals surface area contributed by atoms with E-state index in [1.54, 1.807) is 0 Å². The third-order valence-corrected chi connectivity index (χ3v) is 1.96. The summed E-state index contributed by atoms with van der Waals surface area (Å²) in [5.74, 6) is 1.13. The smallest absolute Gasteiger partial charge is 0.263 e. The average molecular weight is 274 g/mol. The summed E-state index contributed by atoms with van der Waals surface area (Å²) >= 11 is 3.47. The topological polar surface area (TPSA) is 81.9 Å². The molecule has 0 aromatic heterocycles. The highest BCUT2D eigenvalue weighted by Crippen LogP contribution is 2.01. The minimum atomic E-state index is -3.83. The van der Waals surface area contributed by atoms with Crippen molar-refractivity contribution in [2.45, 2.75) is 6.42 Å². The molecule has 0 spiro atoms. The van der Waals surface area contributed by atoms with Crippen LogP contribution in [0.25, 0.3) is 0 Å². The monoisotopic (exact) mass is 274 g/mol. The van der Waals surface area contributed by atoms with E-state index in [4.69, 9.17) is 13.3 Å². The Balaban J connectivity index is 0.000000249. The zero-order valence-corrected chi connectivity index (χ0v) is 10.7. The molecule has 1 heterocycles. The van der Waals surface area contributed by atoms with Crippen molar-refractivity contribution in [2.24, 2.45) is 4.99 Å². The van der Waals surface area contributed by atoms with E-state index in [-0.39, 0.29) is 0 Å². The molecule has 17 heavy (non-hydrogen) atoms. The first-order valence-electron chi connectivity index (χ1n) is 4.96. The first-order valence-corrected chi connectivity index (χ1v) is 7.36. The molecule has 0 atom stereocenters. The Morgan fingerprint density at radius 2 is 1.94 bits per heavy atom. The quantitative estimate of drug-likeness (QED) is 0.747. The van der Waals surface area contributed by atoms with Gasteiger partial charge >= 0.3 is 0 Å². The Bertz CT molecular complexity index is 464. The van der Waals surface area contributed by atoms with Crippen molar-refractivity contribution in [1.82, 2.24) is 5.32 Å². The first-order chi connectivity index (χ1) is 7.95. The molecule has 1 aromatic carbocycles. The first kappa shape index (κ1) is 14.0. The predicted octanol–water partition coefficient (Wildman–Crippen LogP) is 0.909. The van der Waals surface area contributed by atoms with E-state index in [0.29, 0.717) is 0 Å². The lowest BCUT2D eigenvalue weighted by atomic mass is 10.1. The van der Waals surface area contributed by atoms with E-state index in [2.05, 4.69) is 45.8 Å². The Morgan fingerprint density at radius 1 is 1.35 bits per heavy atom. The van der Waals surface area contributed by atoms with Crippen LogP contribution >= 0.6 is 0 Å². The molecule has 0 fully saturated rings. The molecule has 3 N–H and O–H groups in total. The summed E-state index contributed by atoms with van der Waals surface area (Å²) in [6.07, 6.45) is 0.945. The molecule has 0 radical (unpaired) electrons. The number of amidine groups is 1.